The Morgan fingerprint density at radius 3 is 2.26 bits per heavy atom. The van der Waals surface area contributed by atoms with E-state index in [-0.39, 0.29) is 5.91 Å². The van der Waals surface area contributed by atoms with E-state index in [1.165, 1.54) is 0 Å². The second-order valence-corrected chi connectivity index (χ2v) is 4.03. The molecule has 0 spiro atoms. The Hall–Kier alpha value is -2.55. The Labute approximate surface area is 112 Å². The first kappa shape index (κ1) is 12.9. The van der Waals surface area contributed by atoms with Gasteiger partial charge in [-0.1, -0.05) is 36.9 Å². The van der Waals surface area contributed by atoms with Crippen molar-refractivity contribution in [3.8, 4) is 5.75 Å². The number of hydrogen-bond donors (Lipinski definition) is 1. The predicted octanol–water partition coefficient (Wildman–Crippen LogP) is 3.35. The predicted molar refractivity (Wildman–Crippen MR) is 77.1 cm³/mol. The first-order valence-corrected chi connectivity index (χ1v) is 5.90. The van der Waals surface area contributed by atoms with Crippen molar-refractivity contribution in [3.63, 3.8) is 0 Å². The molecule has 0 aliphatic heterocycles. The summed E-state index contributed by atoms with van der Waals surface area (Å²) in [6.45, 7) is 3.82. The number of para-hydroxylation sites is 1. The zero-order chi connectivity index (χ0) is 13.7. The van der Waals surface area contributed by atoms with Gasteiger partial charge in [0, 0.05) is 11.3 Å². The summed E-state index contributed by atoms with van der Waals surface area (Å²) in [5.41, 5.74) is 1.95. The molecule has 1 amide bonds. The standard InChI is InChI=1S/C16H15NO2/c1-12(13-8-10-15(19-2)11-9-13)16(18)17-14-6-4-3-5-7-14/h3-11H,1H2,2H3,(H,17,18). The van der Waals surface area contributed by atoms with Crippen LogP contribution in [0.2, 0.25) is 0 Å². The van der Waals surface area contributed by atoms with Crippen LogP contribution in [0.3, 0.4) is 0 Å². The summed E-state index contributed by atoms with van der Waals surface area (Å²) >= 11 is 0. The van der Waals surface area contributed by atoms with E-state index in [0.29, 0.717) is 5.57 Å². The van der Waals surface area contributed by atoms with Crippen LogP contribution in [0.25, 0.3) is 5.57 Å². The lowest BCUT2D eigenvalue weighted by atomic mass is 10.1. The average molecular weight is 253 g/mol. The summed E-state index contributed by atoms with van der Waals surface area (Å²) in [6.07, 6.45) is 0. The van der Waals surface area contributed by atoms with Gasteiger partial charge in [-0.05, 0) is 29.8 Å². The Morgan fingerprint density at radius 1 is 1.05 bits per heavy atom. The fourth-order valence-corrected chi connectivity index (χ4v) is 1.65. The minimum absolute atomic E-state index is 0.212. The van der Waals surface area contributed by atoms with E-state index in [9.17, 15) is 4.79 Å². The monoisotopic (exact) mass is 253 g/mol. The van der Waals surface area contributed by atoms with Crippen molar-refractivity contribution in [2.24, 2.45) is 0 Å². The molecular weight excluding hydrogens is 238 g/mol. The molecule has 0 aliphatic carbocycles. The number of hydrogen-bond acceptors (Lipinski definition) is 2. The van der Waals surface area contributed by atoms with Crippen LogP contribution in [0.1, 0.15) is 5.56 Å². The molecule has 0 aromatic heterocycles. The van der Waals surface area contributed by atoms with Crippen LogP contribution in [0.4, 0.5) is 5.69 Å². The lowest BCUT2D eigenvalue weighted by Crippen LogP contribution is -2.12. The molecule has 2 aromatic rings. The normalized spacial score (nSPS) is 9.74. The van der Waals surface area contributed by atoms with E-state index in [4.69, 9.17) is 4.74 Å². The number of methoxy groups -OCH3 is 1. The highest BCUT2D eigenvalue weighted by Crippen LogP contribution is 2.19. The molecule has 0 saturated carbocycles. The van der Waals surface area contributed by atoms with Gasteiger partial charge >= 0.3 is 0 Å². The number of ether oxygens (including phenoxy) is 1. The van der Waals surface area contributed by atoms with Crippen molar-refractivity contribution in [1.82, 2.24) is 0 Å². The summed E-state index contributed by atoms with van der Waals surface area (Å²) in [7, 11) is 1.60. The Kier molecular flexibility index (Phi) is 3.98. The maximum absolute atomic E-state index is 12.0. The molecule has 0 radical (unpaired) electrons. The van der Waals surface area contributed by atoms with Crippen LogP contribution < -0.4 is 10.1 Å². The highest BCUT2D eigenvalue weighted by Gasteiger charge is 2.09. The van der Waals surface area contributed by atoms with Gasteiger partial charge in [0.15, 0.2) is 0 Å². The molecule has 2 rings (SSSR count). The molecule has 3 nitrogen and oxygen atoms in total. The van der Waals surface area contributed by atoms with Crippen LogP contribution in [0.5, 0.6) is 5.75 Å². The number of benzene rings is 2. The average Bonchev–Trinajstić information content (AvgIpc) is 2.47. The van der Waals surface area contributed by atoms with Crippen molar-refractivity contribution in [1.29, 1.82) is 0 Å². The van der Waals surface area contributed by atoms with Crippen molar-refractivity contribution in [2.45, 2.75) is 0 Å². The molecule has 0 unspecified atom stereocenters. The molecule has 0 aliphatic rings. The smallest absolute Gasteiger partial charge is 0.255 e. The zero-order valence-corrected chi connectivity index (χ0v) is 10.7. The fourth-order valence-electron chi connectivity index (χ4n) is 1.65. The topological polar surface area (TPSA) is 38.3 Å². The van der Waals surface area contributed by atoms with Crippen LogP contribution in [0.15, 0.2) is 61.2 Å². The number of amides is 1. The molecule has 96 valence electrons. The number of rotatable bonds is 4. The van der Waals surface area contributed by atoms with E-state index < -0.39 is 0 Å². The van der Waals surface area contributed by atoms with Crippen molar-refractivity contribution in [2.75, 3.05) is 12.4 Å². The van der Waals surface area contributed by atoms with Crippen LogP contribution in [-0.2, 0) is 4.79 Å². The minimum Gasteiger partial charge on any atom is -0.497 e. The van der Waals surface area contributed by atoms with Gasteiger partial charge in [0.05, 0.1) is 7.11 Å². The van der Waals surface area contributed by atoms with Crippen LogP contribution >= 0.6 is 0 Å². The van der Waals surface area contributed by atoms with Crippen molar-refractivity contribution < 1.29 is 9.53 Å². The Balaban J connectivity index is 2.08. The molecule has 0 bridgehead atoms. The van der Waals surface area contributed by atoms with Gasteiger partial charge in [-0.3, -0.25) is 4.79 Å². The van der Waals surface area contributed by atoms with Crippen LogP contribution in [-0.4, -0.2) is 13.0 Å². The van der Waals surface area contributed by atoms with Gasteiger partial charge in [-0.15, -0.1) is 0 Å². The molecular formula is C16H15NO2. The molecule has 1 N–H and O–H groups in total. The van der Waals surface area contributed by atoms with Gasteiger partial charge in [0.1, 0.15) is 5.75 Å². The fraction of sp³-hybridized carbons (Fsp3) is 0.0625. The third-order valence-electron chi connectivity index (χ3n) is 2.74. The summed E-state index contributed by atoms with van der Waals surface area (Å²) in [6, 6.07) is 16.5. The summed E-state index contributed by atoms with van der Waals surface area (Å²) in [4.78, 5) is 12.0. The second kappa shape index (κ2) is 5.87. The molecule has 0 heterocycles. The van der Waals surface area contributed by atoms with E-state index in [2.05, 4.69) is 11.9 Å². The largest absolute Gasteiger partial charge is 0.497 e. The second-order valence-electron chi connectivity index (χ2n) is 4.03. The Bertz CT molecular complexity index is 573. The quantitative estimate of drug-likeness (QED) is 0.849. The van der Waals surface area contributed by atoms with Crippen molar-refractivity contribution >= 4 is 17.2 Å². The number of nitrogens with one attached hydrogen (secondary N) is 1. The highest BCUT2D eigenvalue weighted by molar-refractivity contribution is 6.24. The summed E-state index contributed by atoms with van der Waals surface area (Å²) in [5, 5.41) is 2.80. The third-order valence-corrected chi connectivity index (χ3v) is 2.74. The molecule has 2 aromatic carbocycles. The summed E-state index contributed by atoms with van der Waals surface area (Å²) in [5.74, 6) is 0.538. The molecule has 0 atom stereocenters. The SMILES string of the molecule is C=C(C(=O)Nc1ccccc1)c1ccc(OC)cc1. The van der Waals surface area contributed by atoms with Gasteiger partial charge in [-0.2, -0.15) is 0 Å². The van der Waals surface area contributed by atoms with Gasteiger partial charge < -0.3 is 10.1 Å². The third kappa shape index (κ3) is 3.22. The number of carbonyl (C=O) groups is 1. The molecule has 19 heavy (non-hydrogen) atoms. The van der Waals surface area contributed by atoms with Gasteiger partial charge in [-0.25, -0.2) is 0 Å². The molecule has 0 saturated heterocycles. The lowest BCUT2D eigenvalue weighted by molar-refractivity contribution is -0.111. The molecule has 3 heteroatoms. The van der Waals surface area contributed by atoms with Gasteiger partial charge in [0.25, 0.3) is 5.91 Å². The maximum Gasteiger partial charge on any atom is 0.255 e. The highest BCUT2D eigenvalue weighted by atomic mass is 16.5. The van der Waals surface area contributed by atoms with E-state index in [0.717, 1.165) is 17.0 Å². The number of anilines is 1. The minimum atomic E-state index is -0.212. The van der Waals surface area contributed by atoms with Crippen molar-refractivity contribution in [3.05, 3.63) is 66.7 Å². The Morgan fingerprint density at radius 2 is 1.68 bits per heavy atom. The number of carbonyl (C=O) groups excluding carboxylic acids is 1. The maximum atomic E-state index is 12.0. The van der Waals surface area contributed by atoms with Gasteiger partial charge in [0.2, 0.25) is 0 Å². The molecule has 0 fully saturated rings. The van der Waals surface area contributed by atoms with E-state index >= 15 is 0 Å². The lowest BCUT2D eigenvalue weighted by Gasteiger charge is -2.08. The first-order valence-electron chi connectivity index (χ1n) is 5.90. The summed E-state index contributed by atoms with van der Waals surface area (Å²) < 4.78 is 5.07. The van der Waals surface area contributed by atoms with Crippen LogP contribution in [0, 0.1) is 0 Å². The first-order chi connectivity index (χ1) is 9.20. The zero-order valence-electron chi connectivity index (χ0n) is 10.7. The van der Waals surface area contributed by atoms with E-state index in [1.54, 1.807) is 19.2 Å². The van der Waals surface area contributed by atoms with E-state index in [1.807, 2.05) is 42.5 Å².